The zero-order chi connectivity index (χ0) is 9.45. The number of aliphatic hydroxyl groups is 1. The number of nitrogens with one attached hydrogen (secondary N) is 1. The Bertz CT molecular complexity index is 107. The first-order valence-corrected chi connectivity index (χ1v) is 4.66. The molecule has 0 aliphatic carbocycles. The zero-order valence-corrected chi connectivity index (χ0v) is 8.79. The molecule has 0 aromatic rings. The maximum absolute atomic E-state index is 8.39. The van der Waals surface area contributed by atoms with Gasteiger partial charge in [0.2, 0.25) is 3.79 Å². The molecule has 0 aromatic heterocycles. The highest BCUT2D eigenvalue weighted by Crippen LogP contribution is 2.25. The Morgan fingerprint density at radius 1 is 1.25 bits per heavy atom. The minimum atomic E-state index is -1.34. The van der Waals surface area contributed by atoms with Crippen LogP contribution < -0.4 is 5.32 Å². The van der Waals surface area contributed by atoms with Crippen molar-refractivity contribution in [2.45, 2.75) is 3.79 Å². The average Bonchev–Trinajstić information content (AvgIpc) is 1.94. The molecule has 2 N–H and O–H groups in total. The second-order valence-electron chi connectivity index (χ2n) is 2.14. The van der Waals surface area contributed by atoms with Crippen molar-refractivity contribution < 1.29 is 9.84 Å². The third-order valence-corrected chi connectivity index (χ3v) is 1.30. The van der Waals surface area contributed by atoms with Gasteiger partial charge in [0.05, 0.1) is 19.8 Å². The molecule has 6 heteroatoms. The maximum Gasteiger partial charge on any atom is 0.213 e. The summed E-state index contributed by atoms with van der Waals surface area (Å²) in [5.74, 6) is 0. The predicted octanol–water partition coefficient (Wildman–Crippen LogP) is 0.955. The predicted molar refractivity (Wildman–Crippen MR) is 51.1 cm³/mol. The molecule has 0 aliphatic rings. The summed E-state index contributed by atoms with van der Waals surface area (Å²) in [4.78, 5) is 0. The number of hydrogen-bond donors (Lipinski definition) is 2. The van der Waals surface area contributed by atoms with Crippen LogP contribution in [0.2, 0.25) is 0 Å². The molecular weight excluding hydrogens is 224 g/mol. The molecule has 0 unspecified atom stereocenters. The Hall–Kier alpha value is 0.750. The van der Waals surface area contributed by atoms with Crippen LogP contribution in [-0.4, -0.2) is 41.8 Å². The lowest BCUT2D eigenvalue weighted by atomic mass is 10.6. The van der Waals surface area contributed by atoms with Crippen molar-refractivity contribution in [2.24, 2.45) is 0 Å². The first-order valence-electron chi connectivity index (χ1n) is 3.52. The molecule has 12 heavy (non-hydrogen) atoms. The van der Waals surface area contributed by atoms with E-state index >= 15 is 0 Å². The monoisotopic (exact) mass is 235 g/mol. The van der Waals surface area contributed by atoms with Crippen LogP contribution in [0.3, 0.4) is 0 Å². The third kappa shape index (κ3) is 10.8. The van der Waals surface area contributed by atoms with E-state index in [1.54, 1.807) is 0 Å². The van der Waals surface area contributed by atoms with Gasteiger partial charge in [-0.2, -0.15) is 0 Å². The lowest BCUT2D eigenvalue weighted by molar-refractivity contribution is 0.139. The van der Waals surface area contributed by atoms with E-state index in [1.165, 1.54) is 0 Å². The van der Waals surface area contributed by atoms with Crippen molar-refractivity contribution in [3.05, 3.63) is 0 Å². The Kier molecular flexibility index (Phi) is 7.63. The molecule has 0 aliphatic heterocycles. The van der Waals surface area contributed by atoms with Gasteiger partial charge in [-0.1, -0.05) is 34.8 Å². The standard InChI is InChI=1S/C6H12Cl3NO2/c7-6(8,9)5-12-4-2-10-1-3-11/h10-11H,1-5H2. The molecule has 0 rings (SSSR count). The van der Waals surface area contributed by atoms with E-state index in [0.29, 0.717) is 19.7 Å². The van der Waals surface area contributed by atoms with Crippen molar-refractivity contribution in [1.82, 2.24) is 5.32 Å². The molecule has 0 heterocycles. The highest BCUT2D eigenvalue weighted by atomic mass is 35.6. The maximum atomic E-state index is 8.39. The largest absolute Gasteiger partial charge is 0.395 e. The van der Waals surface area contributed by atoms with Gasteiger partial charge in [-0.3, -0.25) is 0 Å². The summed E-state index contributed by atoms with van der Waals surface area (Å²) < 4.78 is 3.67. The average molecular weight is 237 g/mol. The van der Waals surface area contributed by atoms with Crippen LogP contribution in [0.25, 0.3) is 0 Å². The summed E-state index contributed by atoms with van der Waals surface area (Å²) in [5.41, 5.74) is 0. The minimum Gasteiger partial charge on any atom is -0.395 e. The van der Waals surface area contributed by atoms with Crippen molar-refractivity contribution in [3.63, 3.8) is 0 Å². The molecule has 0 aromatic carbocycles. The molecule has 74 valence electrons. The second-order valence-corrected chi connectivity index (χ2v) is 4.66. The summed E-state index contributed by atoms with van der Waals surface area (Å²) in [6, 6.07) is 0. The van der Waals surface area contributed by atoms with Crippen LogP contribution in [0, 0.1) is 0 Å². The zero-order valence-electron chi connectivity index (χ0n) is 6.52. The van der Waals surface area contributed by atoms with Crippen LogP contribution in [0.1, 0.15) is 0 Å². The van der Waals surface area contributed by atoms with Gasteiger partial charge in [0.15, 0.2) is 0 Å². The molecule has 0 saturated heterocycles. The van der Waals surface area contributed by atoms with Gasteiger partial charge in [0, 0.05) is 13.1 Å². The highest BCUT2D eigenvalue weighted by molar-refractivity contribution is 6.67. The van der Waals surface area contributed by atoms with E-state index in [-0.39, 0.29) is 13.2 Å². The summed E-state index contributed by atoms with van der Waals surface area (Å²) in [7, 11) is 0. The fourth-order valence-corrected chi connectivity index (χ4v) is 0.768. The smallest absolute Gasteiger partial charge is 0.213 e. The van der Waals surface area contributed by atoms with E-state index in [9.17, 15) is 0 Å². The Morgan fingerprint density at radius 2 is 1.92 bits per heavy atom. The SMILES string of the molecule is OCCNCCOCC(Cl)(Cl)Cl. The molecule has 0 saturated carbocycles. The van der Waals surface area contributed by atoms with Gasteiger partial charge in [0.1, 0.15) is 0 Å². The van der Waals surface area contributed by atoms with Crippen LogP contribution >= 0.6 is 34.8 Å². The summed E-state index contributed by atoms with van der Waals surface area (Å²) >= 11 is 16.3. The van der Waals surface area contributed by atoms with Gasteiger partial charge in [-0.25, -0.2) is 0 Å². The van der Waals surface area contributed by atoms with Crippen LogP contribution in [0.5, 0.6) is 0 Å². The number of halogens is 3. The molecule has 0 spiro atoms. The molecule has 3 nitrogen and oxygen atoms in total. The van der Waals surface area contributed by atoms with E-state index in [0.717, 1.165) is 0 Å². The Labute approximate surface area is 86.9 Å². The number of alkyl halides is 3. The number of aliphatic hydroxyl groups excluding tert-OH is 1. The van der Waals surface area contributed by atoms with Crippen LogP contribution in [0.4, 0.5) is 0 Å². The molecule has 0 bridgehead atoms. The Balaban J connectivity index is 3.01. The minimum absolute atomic E-state index is 0.0818. The first-order chi connectivity index (χ1) is 5.56. The summed E-state index contributed by atoms with van der Waals surface area (Å²) in [6.07, 6.45) is 0. The van der Waals surface area contributed by atoms with Crippen LogP contribution in [-0.2, 0) is 4.74 Å². The van der Waals surface area contributed by atoms with Crippen LogP contribution in [0.15, 0.2) is 0 Å². The van der Waals surface area contributed by atoms with Crippen molar-refractivity contribution in [3.8, 4) is 0 Å². The Morgan fingerprint density at radius 3 is 2.42 bits per heavy atom. The van der Waals surface area contributed by atoms with Crippen molar-refractivity contribution in [1.29, 1.82) is 0 Å². The lowest BCUT2D eigenvalue weighted by Gasteiger charge is -2.11. The van der Waals surface area contributed by atoms with E-state index in [4.69, 9.17) is 44.6 Å². The summed E-state index contributed by atoms with van der Waals surface area (Å²) in [6.45, 7) is 1.86. The molecule has 0 fully saturated rings. The number of ether oxygens (including phenoxy) is 1. The molecule has 0 radical (unpaired) electrons. The van der Waals surface area contributed by atoms with Gasteiger partial charge < -0.3 is 15.2 Å². The highest BCUT2D eigenvalue weighted by Gasteiger charge is 2.18. The molecule has 0 amide bonds. The third-order valence-electron chi connectivity index (χ3n) is 0.977. The van der Waals surface area contributed by atoms with E-state index in [2.05, 4.69) is 5.32 Å². The summed E-state index contributed by atoms with van der Waals surface area (Å²) in [5, 5.41) is 11.3. The lowest BCUT2D eigenvalue weighted by Crippen LogP contribution is -2.24. The topological polar surface area (TPSA) is 41.5 Å². The molecule has 0 atom stereocenters. The van der Waals surface area contributed by atoms with E-state index in [1.807, 2.05) is 0 Å². The number of rotatable bonds is 6. The first kappa shape index (κ1) is 12.8. The fraction of sp³-hybridized carbons (Fsp3) is 1.00. The number of hydrogen-bond acceptors (Lipinski definition) is 3. The fourth-order valence-electron chi connectivity index (χ4n) is 0.536. The van der Waals surface area contributed by atoms with Gasteiger partial charge in [-0.15, -0.1) is 0 Å². The van der Waals surface area contributed by atoms with Crippen molar-refractivity contribution in [2.75, 3.05) is 32.9 Å². The van der Waals surface area contributed by atoms with Crippen molar-refractivity contribution >= 4 is 34.8 Å². The van der Waals surface area contributed by atoms with E-state index < -0.39 is 3.79 Å². The van der Waals surface area contributed by atoms with Gasteiger partial charge >= 0.3 is 0 Å². The quantitative estimate of drug-likeness (QED) is 0.533. The molecular formula is C6H12Cl3NO2. The normalized spacial score (nSPS) is 12.0. The second kappa shape index (κ2) is 7.18. The van der Waals surface area contributed by atoms with Gasteiger partial charge in [-0.05, 0) is 0 Å². The van der Waals surface area contributed by atoms with Gasteiger partial charge in [0.25, 0.3) is 0 Å².